The van der Waals surface area contributed by atoms with Crippen LogP contribution in [0.1, 0.15) is 36.8 Å². The van der Waals surface area contributed by atoms with Crippen molar-refractivity contribution in [3.05, 3.63) is 29.3 Å². The minimum absolute atomic E-state index is 0.198. The minimum Gasteiger partial charge on any atom is -0.211 e. The maximum absolute atomic E-state index is 12.2. The van der Waals surface area contributed by atoms with Gasteiger partial charge in [0.1, 0.15) is 0 Å². The number of thioether (sulfide) groups is 1. The SMILES string of the molecule is CSCCCCCCNS(=O)(=O)c1cc(C#N)ccc1C. The number of hydrogen-bond donors (Lipinski definition) is 1. The Bertz CT molecular complexity index is 592. The van der Waals surface area contributed by atoms with Gasteiger partial charge in [-0.1, -0.05) is 18.9 Å². The zero-order valence-corrected chi connectivity index (χ0v) is 14.2. The highest BCUT2D eigenvalue weighted by molar-refractivity contribution is 7.98. The van der Waals surface area contributed by atoms with Crippen LogP contribution in [0.4, 0.5) is 0 Å². The van der Waals surface area contributed by atoms with Crippen molar-refractivity contribution in [1.82, 2.24) is 4.72 Å². The first-order chi connectivity index (χ1) is 10.0. The number of nitriles is 1. The molecule has 1 aromatic rings. The van der Waals surface area contributed by atoms with E-state index in [0.29, 0.717) is 17.7 Å². The lowest BCUT2D eigenvalue weighted by atomic mass is 10.2. The molecule has 0 heterocycles. The zero-order valence-electron chi connectivity index (χ0n) is 12.6. The first kappa shape index (κ1) is 18.0. The van der Waals surface area contributed by atoms with Crippen LogP contribution < -0.4 is 4.72 Å². The molecule has 0 amide bonds. The highest BCUT2D eigenvalue weighted by Gasteiger charge is 2.16. The second-order valence-electron chi connectivity index (χ2n) is 4.90. The summed E-state index contributed by atoms with van der Waals surface area (Å²) in [5.41, 5.74) is 1.01. The van der Waals surface area contributed by atoms with Gasteiger partial charge in [-0.25, -0.2) is 13.1 Å². The maximum atomic E-state index is 12.2. The Morgan fingerprint density at radius 3 is 2.62 bits per heavy atom. The number of nitrogens with one attached hydrogen (secondary N) is 1. The minimum atomic E-state index is -3.53. The van der Waals surface area contributed by atoms with Crippen LogP contribution in [0, 0.1) is 18.3 Å². The fraction of sp³-hybridized carbons (Fsp3) is 0.533. The fourth-order valence-electron chi connectivity index (χ4n) is 1.97. The molecule has 0 fully saturated rings. The van der Waals surface area contributed by atoms with Crippen LogP contribution in [-0.4, -0.2) is 27.0 Å². The van der Waals surface area contributed by atoms with Crippen molar-refractivity contribution in [3.63, 3.8) is 0 Å². The van der Waals surface area contributed by atoms with E-state index in [9.17, 15) is 8.42 Å². The Balaban J connectivity index is 2.53. The summed E-state index contributed by atoms with van der Waals surface area (Å²) in [6, 6.07) is 6.68. The molecule has 0 aliphatic rings. The van der Waals surface area contributed by atoms with E-state index in [-0.39, 0.29) is 4.90 Å². The Labute approximate surface area is 132 Å². The summed E-state index contributed by atoms with van der Waals surface area (Å²) in [5.74, 6) is 1.16. The first-order valence-corrected chi connectivity index (χ1v) is 9.88. The van der Waals surface area contributed by atoms with E-state index in [1.807, 2.05) is 17.8 Å². The van der Waals surface area contributed by atoms with Gasteiger partial charge in [0.2, 0.25) is 10.0 Å². The third-order valence-corrected chi connectivity index (χ3v) is 5.47. The van der Waals surface area contributed by atoms with Crippen molar-refractivity contribution in [2.45, 2.75) is 37.5 Å². The normalized spacial score (nSPS) is 11.3. The van der Waals surface area contributed by atoms with Crippen molar-refractivity contribution in [2.24, 2.45) is 0 Å². The summed E-state index contributed by atoms with van der Waals surface area (Å²) in [5, 5.41) is 8.87. The van der Waals surface area contributed by atoms with Crippen LogP contribution in [0.15, 0.2) is 23.1 Å². The number of nitrogens with zero attached hydrogens (tertiary/aromatic N) is 1. The average Bonchev–Trinajstić information content (AvgIpc) is 2.46. The van der Waals surface area contributed by atoms with E-state index in [1.54, 1.807) is 19.1 Å². The van der Waals surface area contributed by atoms with Crippen LogP contribution in [0.2, 0.25) is 0 Å². The Hall–Kier alpha value is -1.03. The molecule has 0 radical (unpaired) electrons. The number of aryl methyl sites for hydroxylation is 1. The Morgan fingerprint density at radius 1 is 1.24 bits per heavy atom. The molecule has 0 aliphatic heterocycles. The molecule has 1 aromatic carbocycles. The van der Waals surface area contributed by atoms with E-state index < -0.39 is 10.0 Å². The average molecular weight is 326 g/mol. The lowest BCUT2D eigenvalue weighted by Crippen LogP contribution is -2.25. The van der Waals surface area contributed by atoms with Crippen molar-refractivity contribution in [1.29, 1.82) is 5.26 Å². The summed E-state index contributed by atoms with van der Waals surface area (Å²) in [4.78, 5) is 0.198. The molecule has 0 unspecified atom stereocenters. The summed E-state index contributed by atoms with van der Waals surface area (Å²) < 4.78 is 27.1. The summed E-state index contributed by atoms with van der Waals surface area (Å²) in [7, 11) is -3.53. The summed E-state index contributed by atoms with van der Waals surface area (Å²) >= 11 is 1.83. The van der Waals surface area contributed by atoms with E-state index >= 15 is 0 Å². The molecule has 116 valence electrons. The van der Waals surface area contributed by atoms with Gasteiger partial charge >= 0.3 is 0 Å². The molecule has 0 bridgehead atoms. The van der Waals surface area contributed by atoms with Gasteiger partial charge in [0.25, 0.3) is 0 Å². The topological polar surface area (TPSA) is 70.0 Å². The van der Waals surface area contributed by atoms with E-state index in [2.05, 4.69) is 11.0 Å². The van der Waals surface area contributed by atoms with E-state index in [4.69, 9.17) is 5.26 Å². The van der Waals surface area contributed by atoms with Gasteiger partial charge in [0, 0.05) is 6.54 Å². The van der Waals surface area contributed by atoms with Gasteiger partial charge in [-0.05, 0) is 49.5 Å². The molecule has 0 saturated carbocycles. The van der Waals surface area contributed by atoms with Gasteiger partial charge in [-0.2, -0.15) is 17.0 Å². The fourth-order valence-corrected chi connectivity index (χ4v) is 3.80. The van der Waals surface area contributed by atoms with Gasteiger partial charge in [-0.3, -0.25) is 0 Å². The molecule has 0 saturated heterocycles. The molecule has 0 aliphatic carbocycles. The van der Waals surface area contributed by atoms with Crippen molar-refractivity contribution < 1.29 is 8.42 Å². The maximum Gasteiger partial charge on any atom is 0.240 e. The van der Waals surface area contributed by atoms with Crippen LogP contribution in [-0.2, 0) is 10.0 Å². The number of benzene rings is 1. The molecule has 0 spiro atoms. The van der Waals surface area contributed by atoms with Gasteiger partial charge < -0.3 is 0 Å². The molecule has 0 aromatic heterocycles. The number of sulfonamides is 1. The quantitative estimate of drug-likeness (QED) is 0.708. The standard InChI is InChI=1S/C15H22N2O2S2/c1-13-7-8-14(12-16)11-15(13)21(18,19)17-9-5-3-4-6-10-20-2/h7-8,11,17H,3-6,9-10H2,1-2H3. The smallest absolute Gasteiger partial charge is 0.211 e. The highest BCUT2D eigenvalue weighted by atomic mass is 32.2. The van der Waals surface area contributed by atoms with Crippen molar-refractivity contribution in [3.8, 4) is 6.07 Å². The zero-order chi connectivity index (χ0) is 15.7. The third-order valence-electron chi connectivity index (χ3n) is 3.17. The van der Waals surface area contributed by atoms with Crippen LogP contribution in [0.5, 0.6) is 0 Å². The van der Waals surface area contributed by atoms with Crippen LogP contribution in [0.25, 0.3) is 0 Å². The van der Waals surface area contributed by atoms with Gasteiger partial charge in [0.15, 0.2) is 0 Å². The predicted molar refractivity (Wildman–Crippen MR) is 87.9 cm³/mol. The molecule has 21 heavy (non-hydrogen) atoms. The van der Waals surface area contributed by atoms with Crippen molar-refractivity contribution in [2.75, 3.05) is 18.6 Å². The van der Waals surface area contributed by atoms with Crippen LogP contribution >= 0.6 is 11.8 Å². The number of hydrogen-bond acceptors (Lipinski definition) is 4. The lowest BCUT2D eigenvalue weighted by Gasteiger charge is -2.09. The summed E-state index contributed by atoms with van der Waals surface area (Å²) in [6.07, 6.45) is 6.26. The van der Waals surface area contributed by atoms with Crippen molar-refractivity contribution >= 4 is 21.8 Å². The van der Waals surface area contributed by atoms with Crippen LogP contribution in [0.3, 0.4) is 0 Å². The molecule has 4 nitrogen and oxygen atoms in total. The van der Waals surface area contributed by atoms with Gasteiger partial charge in [-0.15, -0.1) is 0 Å². The third kappa shape index (κ3) is 6.08. The largest absolute Gasteiger partial charge is 0.240 e. The Kier molecular flexibility index (Phi) is 7.79. The number of unbranched alkanes of at least 4 members (excludes halogenated alkanes) is 3. The molecular formula is C15H22N2O2S2. The number of rotatable bonds is 9. The second kappa shape index (κ2) is 9.08. The second-order valence-corrected chi connectivity index (χ2v) is 7.62. The monoisotopic (exact) mass is 326 g/mol. The molecule has 1 N–H and O–H groups in total. The molecule has 6 heteroatoms. The molecule has 1 rings (SSSR count). The van der Waals surface area contributed by atoms with E-state index in [0.717, 1.165) is 25.0 Å². The van der Waals surface area contributed by atoms with Gasteiger partial charge in [0.05, 0.1) is 16.5 Å². The Morgan fingerprint density at radius 2 is 1.95 bits per heavy atom. The molecule has 0 atom stereocenters. The molecular weight excluding hydrogens is 304 g/mol. The lowest BCUT2D eigenvalue weighted by molar-refractivity contribution is 0.573. The highest BCUT2D eigenvalue weighted by Crippen LogP contribution is 2.16. The summed E-state index contributed by atoms with van der Waals surface area (Å²) in [6.45, 7) is 2.18. The predicted octanol–water partition coefficient (Wildman–Crippen LogP) is 3.07. The first-order valence-electron chi connectivity index (χ1n) is 7.00. The van der Waals surface area contributed by atoms with E-state index in [1.165, 1.54) is 12.5 Å².